The van der Waals surface area contributed by atoms with Crippen LogP contribution in [0.4, 0.5) is 0 Å². The van der Waals surface area contributed by atoms with E-state index in [1.54, 1.807) is 0 Å². The monoisotopic (exact) mass is 280 g/mol. The second-order valence-electron chi connectivity index (χ2n) is 5.20. The van der Waals surface area contributed by atoms with Crippen LogP contribution in [0.25, 0.3) is 0 Å². The van der Waals surface area contributed by atoms with Crippen molar-refractivity contribution in [2.24, 2.45) is 0 Å². The highest BCUT2D eigenvalue weighted by Crippen LogP contribution is 2.22. The molecule has 0 N–H and O–H groups in total. The normalized spacial score (nSPS) is 12.2. The van der Waals surface area contributed by atoms with E-state index in [0.717, 1.165) is 32.5 Å². The van der Waals surface area contributed by atoms with Crippen molar-refractivity contribution in [2.45, 2.75) is 25.2 Å². The fraction of sp³-hybridized carbons (Fsp3) is 0.300. The average molecular weight is 280 g/mol. The topological polar surface area (TPSA) is 9.23 Å². The highest BCUT2D eigenvalue weighted by Gasteiger charge is 2.08. The second kappa shape index (κ2) is 9.36. The Morgan fingerprint density at radius 3 is 2.24 bits per heavy atom. The Morgan fingerprint density at radius 1 is 0.905 bits per heavy atom. The van der Waals surface area contributed by atoms with Crippen molar-refractivity contribution >= 4 is 0 Å². The summed E-state index contributed by atoms with van der Waals surface area (Å²) >= 11 is 0. The molecule has 1 unspecified atom stereocenters. The highest BCUT2D eigenvalue weighted by molar-refractivity contribution is 5.22. The molecule has 0 aliphatic rings. The van der Waals surface area contributed by atoms with Gasteiger partial charge in [-0.25, -0.2) is 0 Å². The Morgan fingerprint density at radius 2 is 1.57 bits per heavy atom. The van der Waals surface area contributed by atoms with Crippen molar-refractivity contribution in [1.29, 1.82) is 0 Å². The van der Waals surface area contributed by atoms with Crippen molar-refractivity contribution in [3.8, 4) is 0 Å². The van der Waals surface area contributed by atoms with Crippen molar-refractivity contribution in [3.05, 3.63) is 85.1 Å². The first-order valence-electron chi connectivity index (χ1n) is 7.70. The highest BCUT2D eigenvalue weighted by atomic mass is 16.5. The standard InChI is InChI=1S/C20H24O/c1-2-19(20-13-7-4-8-14-20)15-17-21-16-9-12-18-10-5-3-6-11-18/h3-8,10-14,19H,1-2,9,15-17H2. The largest absolute Gasteiger partial charge is 0.381 e. The van der Waals surface area contributed by atoms with Gasteiger partial charge in [0.2, 0.25) is 0 Å². The molecule has 2 aromatic carbocycles. The average Bonchev–Trinajstić information content (AvgIpc) is 2.56. The maximum absolute atomic E-state index is 5.75. The van der Waals surface area contributed by atoms with Gasteiger partial charge in [-0.2, -0.15) is 0 Å². The molecule has 0 aromatic heterocycles. The van der Waals surface area contributed by atoms with E-state index in [4.69, 9.17) is 4.74 Å². The predicted octanol–water partition coefficient (Wildman–Crippen LogP) is 5.04. The summed E-state index contributed by atoms with van der Waals surface area (Å²) in [5.41, 5.74) is 2.63. The molecule has 110 valence electrons. The van der Waals surface area contributed by atoms with Gasteiger partial charge < -0.3 is 4.74 Å². The maximum atomic E-state index is 5.75. The zero-order chi connectivity index (χ0) is 14.8. The predicted molar refractivity (Wildman–Crippen MR) is 89.1 cm³/mol. The van der Waals surface area contributed by atoms with Gasteiger partial charge in [0.25, 0.3) is 0 Å². The zero-order valence-corrected chi connectivity index (χ0v) is 12.6. The summed E-state index contributed by atoms with van der Waals surface area (Å²) < 4.78 is 5.75. The van der Waals surface area contributed by atoms with Gasteiger partial charge in [0.1, 0.15) is 0 Å². The Balaban J connectivity index is 1.61. The Labute approximate surface area is 129 Å². The minimum atomic E-state index is 0.504. The third-order valence-corrected chi connectivity index (χ3v) is 3.67. The first kappa shape index (κ1) is 15.8. The van der Waals surface area contributed by atoms with Crippen LogP contribution in [0.3, 0.4) is 0 Å². The number of hydrogen-bond acceptors (Lipinski definition) is 1. The zero-order valence-electron chi connectivity index (χ0n) is 12.6. The summed E-state index contributed by atoms with van der Waals surface area (Å²) in [5.74, 6) is 0.504. The van der Waals surface area contributed by atoms with Crippen LogP contribution in [0, 0.1) is 13.3 Å². The molecule has 21 heavy (non-hydrogen) atoms. The number of benzene rings is 2. The van der Waals surface area contributed by atoms with Crippen LogP contribution in [0.2, 0.25) is 0 Å². The molecule has 0 saturated carbocycles. The summed E-state index contributed by atoms with van der Waals surface area (Å²) in [6, 6.07) is 21.0. The Bertz CT molecular complexity index is 478. The third-order valence-electron chi connectivity index (χ3n) is 3.67. The lowest BCUT2D eigenvalue weighted by atomic mass is 9.94. The molecule has 0 bridgehead atoms. The molecule has 2 aromatic rings. The first-order valence-corrected chi connectivity index (χ1v) is 7.70. The van der Waals surface area contributed by atoms with Gasteiger partial charge in [0.15, 0.2) is 0 Å². The van der Waals surface area contributed by atoms with Crippen LogP contribution in [-0.4, -0.2) is 13.2 Å². The molecule has 0 aliphatic carbocycles. The Hall–Kier alpha value is -1.60. The van der Waals surface area contributed by atoms with Gasteiger partial charge in [0.05, 0.1) is 0 Å². The number of rotatable bonds is 9. The maximum Gasteiger partial charge on any atom is 0.0472 e. The van der Waals surface area contributed by atoms with E-state index in [1.807, 2.05) is 6.07 Å². The van der Waals surface area contributed by atoms with Crippen molar-refractivity contribution < 1.29 is 4.74 Å². The van der Waals surface area contributed by atoms with Crippen LogP contribution in [0.5, 0.6) is 0 Å². The molecular formula is C20H24O. The van der Waals surface area contributed by atoms with Gasteiger partial charge in [0, 0.05) is 13.2 Å². The number of ether oxygens (including phenoxy) is 1. The summed E-state index contributed by atoms with van der Waals surface area (Å²) in [6.07, 6.45) is 5.14. The second-order valence-corrected chi connectivity index (χ2v) is 5.20. The van der Waals surface area contributed by atoms with Crippen LogP contribution in [0.1, 0.15) is 36.3 Å². The van der Waals surface area contributed by atoms with Crippen LogP contribution in [0.15, 0.2) is 60.7 Å². The van der Waals surface area contributed by atoms with Gasteiger partial charge in [-0.1, -0.05) is 67.6 Å². The van der Waals surface area contributed by atoms with E-state index < -0.39 is 0 Å². The molecule has 0 saturated heterocycles. The summed E-state index contributed by atoms with van der Waals surface area (Å²) in [6.45, 7) is 5.64. The van der Waals surface area contributed by atoms with Gasteiger partial charge in [-0.05, 0) is 42.7 Å². The summed E-state index contributed by atoms with van der Waals surface area (Å²) in [5, 5.41) is 0. The molecule has 1 atom stereocenters. The fourth-order valence-electron chi connectivity index (χ4n) is 2.43. The van der Waals surface area contributed by atoms with E-state index in [9.17, 15) is 0 Å². The fourth-order valence-corrected chi connectivity index (χ4v) is 2.43. The van der Waals surface area contributed by atoms with Gasteiger partial charge in [-0.15, -0.1) is 0 Å². The van der Waals surface area contributed by atoms with Crippen molar-refractivity contribution in [1.82, 2.24) is 0 Å². The van der Waals surface area contributed by atoms with E-state index in [-0.39, 0.29) is 0 Å². The lowest BCUT2D eigenvalue weighted by Crippen LogP contribution is -2.04. The van der Waals surface area contributed by atoms with Crippen molar-refractivity contribution in [2.75, 3.05) is 13.2 Å². The van der Waals surface area contributed by atoms with Crippen LogP contribution < -0.4 is 0 Å². The molecule has 2 rings (SSSR count). The SMILES string of the molecule is [CH2]CC(CCOCC[CH]c1ccccc1)c1ccccc1. The molecule has 2 radical (unpaired) electrons. The molecular weight excluding hydrogens is 256 g/mol. The van der Waals surface area contributed by atoms with E-state index >= 15 is 0 Å². The number of hydrogen-bond donors (Lipinski definition) is 0. The summed E-state index contributed by atoms with van der Waals surface area (Å²) in [4.78, 5) is 0. The Kier molecular flexibility index (Phi) is 7.03. The third kappa shape index (κ3) is 5.73. The first-order chi connectivity index (χ1) is 10.4. The summed E-state index contributed by atoms with van der Waals surface area (Å²) in [7, 11) is 0. The molecule has 0 heterocycles. The minimum Gasteiger partial charge on any atom is -0.381 e. The molecule has 0 spiro atoms. The molecule has 0 amide bonds. The lowest BCUT2D eigenvalue weighted by molar-refractivity contribution is 0.129. The van der Waals surface area contributed by atoms with Gasteiger partial charge in [-0.3, -0.25) is 0 Å². The van der Waals surface area contributed by atoms with E-state index in [1.165, 1.54) is 11.1 Å². The quantitative estimate of drug-likeness (QED) is 0.584. The van der Waals surface area contributed by atoms with E-state index in [0.29, 0.717) is 5.92 Å². The minimum absolute atomic E-state index is 0.504. The van der Waals surface area contributed by atoms with Gasteiger partial charge >= 0.3 is 0 Å². The lowest BCUT2D eigenvalue weighted by Gasteiger charge is -2.15. The van der Waals surface area contributed by atoms with Crippen LogP contribution in [-0.2, 0) is 4.74 Å². The molecule has 0 aliphatic heterocycles. The smallest absolute Gasteiger partial charge is 0.0472 e. The molecule has 1 nitrogen and oxygen atoms in total. The van der Waals surface area contributed by atoms with Crippen molar-refractivity contribution in [3.63, 3.8) is 0 Å². The van der Waals surface area contributed by atoms with E-state index in [2.05, 4.69) is 67.9 Å². The molecule has 1 heteroatoms. The molecule has 0 fully saturated rings. The van der Waals surface area contributed by atoms with Crippen LogP contribution >= 0.6 is 0 Å².